The fourth-order valence-electron chi connectivity index (χ4n) is 1.66. The van der Waals surface area contributed by atoms with Crippen LogP contribution < -0.4 is 10.2 Å². The minimum atomic E-state index is 0.178. The predicted octanol–water partition coefficient (Wildman–Crippen LogP) is 2.04. The number of nitrogens with zero attached hydrogens (tertiary/aromatic N) is 1. The zero-order valence-electron chi connectivity index (χ0n) is 8.43. The molecule has 78 valence electrons. The van der Waals surface area contributed by atoms with E-state index in [0.717, 1.165) is 22.8 Å². The van der Waals surface area contributed by atoms with E-state index in [1.807, 2.05) is 31.2 Å². The molecule has 1 aliphatic heterocycles. The number of para-hydroxylation sites is 2. The molecular weight excluding hydrogens is 208 g/mol. The number of hydrogen-bond acceptors (Lipinski definition) is 2. The third kappa shape index (κ3) is 1.85. The van der Waals surface area contributed by atoms with Crippen molar-refractivity contribution in [2.75, 3.05) is 16.8 Å². The molecule has 0 fully saturated rings. The molecule has 1 N–H and O–H groups in total. The molecule has 4 heteroatoms. The Morgan fingerprint density at radius 2 is 2.27 bits per heavy atom. The van der Waals surface area contributed by atoms with Gasteiger partial charge in [0.15, 0.2) is 0 Å². The Morgan fingerprint density at radius 1 is 1.53 bits per heavy atom. The van der Waals surface area contributed by atoms with Gasteiger partial charge in [-0.05, 0) is 12.1 Å². The van der Waals surface area contributed by atoms with E-state index in [0.29, 0.717) is 6.54 Å². The molecule has 2 rings (SSSR count). The van der Waals surface area contributed by atoms with E-state index >= 15 is 0 Å². The molecule has 1 amide bonds. The maximum absolute atomic E-state index is 11.0. The number of nitrogens with one attached hydrogen (secondary N) is 1. The number of rotatable bonds is 1. The summed E-state index contributed by atoms with van der Waals surface area (Å²) in [6.45, 7) is 2.64. The van der Waals surface area contributed by atoms with Gasteiger partial charge in [0.05, 0.1) is 16.4 Å². The summed E-state index contributed by atoms with van der Waals surface area (Å²) in [5.74, 6) is 0.178. The van der Waals surface area contributed by atoms with Gasteiger partial charge in [0.2, 0.25) is 6.41 Å². The van der Waals surface area contributed by atoms with Crippen LogP contribution in [0.15, 0.2) is 24.3 Å². The lowest BCUT2D eigenvalue weighted by Crippen LogP contribution is -2.28. The van der Waals surface area contributed by atoms with Crippen LogP contribution in [0.1, 0.15) is 6.92 Å². The number of hydrogen-bond donors (Lipinski definition) is 1. The van der Waals surface area contributed by atoms with Crippen molar-refractivity contribution in [3.8, 4) is 0 Å². The highest BCUT2D eigenvalue weighted by atomic mass is 32.1. The molecule has 0 saturated heterocycles. The van der Waals surface area contributed by atoms with E-state index in [-0.39, 0.29) is 5.92 Å². The van der Waals surface area contributed by atoms with Crippen molar-refractivity contribution >= 4 is 35.0 Å². The van der Waals surface area contributed by atoms with Crippen molar-refractivity contribution in [3.05, 3.63) is 24.3 Å². The van der Waals surface area contributed by atoms with Gasteiger partial charge in [0.1, 0.15) is 0 Å². The first kappa shape index (κ1) is 10.1. The SMILES string of the molecule is C[C@@H]1CN(C=O)c2ccccc2NC1=S. The Balaban J connectivity index is 2.46. The second kappa shape index (κ2) is 3.98. The Kier molecular flexibility index (Phi) is 2.68. The van der Waals surface area contributed by atoms with E-state index in [1.165, 1.54) is 0 Å². The summed E-state index contributed by atoms with van der Waals surface area (Å²) in [6.07, 6.45) is 0.852. The molecule has 0 bridgehead atoms. The van der Waals surface area contributed by atoms with Crippen LogP contribution in [0.25, 0.3) is 0 Å². The first-order valence-corrected chi connectivity index (χ1v) is 5.25. The van der Waals surface area contributed by atoms with E-state index in [1.54, 1.807) is 4.90 Å². The van der Waals surface area contributed by atoms with Crippen molar-refractivity contribution in [2.24, 2.45) is 5.92 Å². The molecular formula is C11H12N2OS. The quantitative estimate of drug-likeness (QED) is 0.580. The van der Waals surface area contributed by atoms with Crippen LogP contribution >= 0.6 is 12.2 Å². The molecule has 1 atom stereocenters. The Hall–Kier alpha value is -1.42. The number of amides is 1. The topological polar surface area (TPSA) is 32.3 Å². The smallest absolute Gasteiger partial charge is 0.214 e. The Labute approximate surface area is 94.1 Å². The van der Waals surface area contributed by atoms with Crippen LogP contribution in [-0.2, 0) is 4.79 Å². The summed E-state index contributed by atoms with van der Waals surface area (Å²) in [4.78, 5) is 13.5. The highest BCUT2D eigenvalue weighted by Gasteiger charge is 2.21. The molecule has 0 spiro atoms. The van der Waals surface area contributed by atoms with E-state index < -0.39 is 0 Å². The van der Waals surface area contributed by atoms with Gasteiger partial charge in [-0.3, -0.25) is 4.79 Å². The molecule has 15 heavy (non-hydrogen) atoms. The zero-order chi connectivity index (χ0) is 10.8. The fourth-order valence-corrected chi connectivity index (χ4v) is 1.85. The number of benzene rings is 1. The average Bonchev–Trinajstić information content (AvgIpc) is 2.37. The third-order valence-electron chi connectivity index (χ3n) is 2.52. The molecule has 0 aliphatic carbocycles. The first-order chi connectivity index (χ1) is 7.22. The van der Waals surface area contributed by atoms with Crippen LogP contribution in [0.5, 0.6) is 0 Å². The molecule has 3 nitrogen and oxygen atoms in total. The predicted molar refractivity (Wildman–Crippen MR) is 65.2 cm³/mol. The molecule has 0 unspecified atom stereocenters. The minimum Gasteiger partial charge on any atom is -0.348 e. The van der Waals surface area contributed by atoms with Crippen LogP contribution in [0, 0.1) is 5.92 Å². The van der Waals surface area contributed by atoms with E-state index in [4.69, 9.17) is 12.2 Å². The maximum atomic E-state index is 11.0. The van der Waals surface area contributed by atoms with Gasteiger partial charge in [0, 0.05) is 12.5 Å². The molecule has 0 saturated carbocycles. The minimum absolute atomic E-state index is 0.178. The number of thiocarbonyl (C=S) groups is 1. The van der Waals surface area contributed by atoms with Crippen molar-refractivity contribution in [2.45, 2.75) is 6.92 Å². The Morgan fingerprint density at radius 3 is 3.00 bits per heavy atom. The lowest BCUT2D eigenvalue weighted by molar-refractivity contribution is -0.107. The van der Waals surface area contributed by atoms with Gasteiger partial charge in [-0.1, -0.05) is 31.3 Å². The van der Waals surface area contributed by atoms with E-state index in [9.17, 15) is 4.79 Å². The summed E-state index contributed by atoms with van der Waals surface area (Å²) in [6, 6.07) is 7.68. The summed E-state index contributed by atoms with van der Waals surface area (Å²) < 4.78 is 0. The zero-order valence-corrected chi connectivity index (χ0v) is 9.25. The van der Waals surface area contributed by atoms with Crippen molar-refractivity contribution in [1.29, 1.82) is 0 Å². The van der Waals surface area contributed by atoms with Gasteiger partial charge in [-0.15, -0.1) is 0 Å². The van der Waals surface area contributed by atoms with Gasteiger partial charge in [-0.2, -0.15) is 0 Å². The highest BCUT2D eigenvalue weighted by molar-refractivity contribution is 7.80. The monoisotopic (exact) mass is 220 g/mol. The number of carbonyl (C=O) groups excluding carboxylic acids is 1. The van der Waals surface area contributed by atoms with Crippen LogP contribution in [0.2, 0.25) is 0 Å². The molecule has 1 aliphatic rings. The Bertz CT molecular complexity index is 405. The summed E-state index contributed by atoms with van der Waals surface area (Å²) >= 11 is 5.24. The second-order valence-electron chi connectivity index (χ2n) is 3.67. The average molecular weight is 220 g/mol. The fraction of sp³-hybridized carbons (Fsp3) is 0.273. The van der Waals surface area contributed by atoms with Gasteiger partial charge >= 0.3 is 0 Å². The lowest BCUT2D eigenvalue weighted by atomic mass is 10.2. The molecule has 0 aromatic heterocycles. The third-order valence-corrected chi connectivity index (χ3v) is 3.02. The van der Waals surface area contributed by atoms with Crippen LogP contribution in [0.4, 0.5) is 11.4 Å². The van der Waals surface area contributed by atoms with Gasteiger partial charge in [-0.25, -0.2) is 0 Å². The second-order valence-corrected chi connectivity index (χ2v) is 4.11. The lowest BCUT2D eigenvalue weighted by Gasteiger charge is -2.17. The first-order valence-electron chi connectivity index (χ1n) is 4.84. The summed E-state index contributed by atoms with van der Waals surface area (Å²) in [5.41, 5.74) is 1.79. The standard InChI is InChI=1S/C11H12N2OS/c1-8-6-13(7-14)10-5-3-2-4-9(10)12-11(8)15/h2-5,7-8H,6H2,1H3,(H,12,15)/t8-/m1/s1. The van der Waals surface area contributed by atoms with Gasteiger partial charge in [0.25, 0.3) is 0 Å². The van der Waals surface area contributed by atoms with Gasteiger partial charge < -0.3 is 10.2 Å². The van der Waals surface area contributed by atoms with Crippen LogP contribution in [-0.4, -0.2) is 17.9 Å². The molecule has 1 heterocycles. The molecule has 0 radical (unpaired) electrons. The number of carbonyl (C=O) groups is 1. The number of fused-ring (bicyclic) bond motifs is 1. The van der Waals surface area contributed by atoms with E-state index in [2.05, 4.69) is 5.32 Å². The molecule has 1 aromatic carbocycles. The van der Waals surface area contributed by atoms with Crippen molar-refractivity contribution in [3.63, 3.8) is 0 Å². The van der Waals surface area contributed by atoms with Crippen LogP contribution in [0.3, 0.4) is 0 Å². The van der Waals surface area contributed by atoms with Crippen molar-refractivity contribution in [1.82, 2.24) is 0 Å². The largest absolute Gasteiger partial charge is 0.348 e. The summed E-state index contributed by atoms with van der Waals surface area (Å²) in [7, 11) is 0. The number of anilines is 2. The normalized spacial score (nSPS) is 20.2. The summed E-state index contributed by atoms with van der Waals surface area (Å²) in [5, 5.41) is 3.17. The molecule has 1 aromatic rings. The van der Waals surface area contributed by atoms with Crippen molar-refractivity contribution < 1.29 is 4.79 Å². The highest BCUT2D eigenvalue weighted by Crippen LogP contribution is 2.28. The maximum Gasteiger partial charge on any atom is 0.214 e.